The molecule has 0 saturated carbocycles. The molecule has 1 aromatic heterocycles. The van der Waals surface area contributed by atoms with Gasteiger partial charge in [0.25, 0.3) is 0 Å². The van der Waals surface area contributed by atoms with Gasteiger partial charge in [-0.25, -0.2) is 22.7 Å². The Hall–Kier alpha value is -3.24. The number of nitrogens with two attached hydrogens (primary N) is 1. The molecule has 0 bridgehead atoms. The van der Waals surface area contributed by atoms with E-state index in [9.17, 15) is 17.6 Å². The summed E-state index contributed by atoms with van der Waals surface area (Å²) in [6, 6.07) is 13.4. The molecule has 0 aliphatic carbocycles. The first-order valence-corrected chi connectivity index (χ1v) is 10.7. The minimum atomic E-state index is -3.84. The third kappa shape index (κ3) is 5.65. The number of nitrogens with one attached hydrogen (secondary N) is 2. The largest absolute Gasteiger partial charge is 0.328 e. The van der Waals surface area contributed by atoms with Gasteiger partial charge in [-0.05, 0) is 61.4 Å². The smallest absolute Gasteiger partial charge is 0.321 e. The van der Waals surface area contributed by atoms with Gasteiger partial charge >= 0.3 is 6.03 Å². The predicted octanol–water partition coefficient (Wildman–Crippen LogP) is 2.96. The summed E-state index contributed by atoms with van der Waals surface area (Å²) >= 11 is 0. The van der Waals surface area contributed by atoms with Crippen LogP contribution in [-0.2, 0) is 16.4 Å². The molecule has 8 nitrogen and oxygen atoms in total. The summed E-state index contributed by atoms with van der Waals surface area (Å²) in [5.74, 6) is -0.299. The van der Waals surface area contributed by atoms with Gasteiger partial charge in [0, 0.05) is 30.5 Å². The van der Waals surface area contributed by atoms with E-state index < -0.39 is 10.0 Å². The molecule has 10 heteroatoms. The van der Waals surface area contributed by atoms with Gasteiger partial charge in [0.2, 0.25) is 10.0 Å². The van der Waals surface area contributed by atoms with Crippen LogP contribution in [0.2, 0.25) is 0 Å². The number of hydrogen-bond donors (Lipinski definition) is 3. The van der Waals surface area contributed by atoms with Gasteiger partial charge in [0.1, 0.15) is 5.82 Å². The van der Waals surface area contributed by atoms with Crippen LogP contribution in [0.5, 0.6) is 0 Å². The minimum Gasteiger partial charge on any atom is -0.328 e. The maximum Gasteiger partial charge on any atom is 0.321 e. The van der Waals surface area contributed by atoms with Crippen molar-refractivity contribution in [3.8, 4) is 11.3 Å². The molecule has 3 aromatic rings. The topological polar surface area (TPSA) is 121 Å². The first kappa shape index (κ1) is 21.5. The lowest BCUT2D eigenvalue weighted by molar-refractivity contribution is 0.222. The number of carbonyl (C=O) groups is 1. The summed E-state index contributed by atoms with van der Waals surface area (Å²) in [5.41, 5.74) is 2.79. The summed E-state index contributed by atoms with van der Waals surface area (Å²) in [6.45, 7) is 0.478. The third-order valence-electron chi connectivity index (χ3n) is 4.47. The van der Waals surface area contributed by atoms with E-state index in [2.05, 4.69) is 15.5 Å². The van der Waals surface area contributed by atoms with E-state index in [-0.39, 0.29) is 16.7 Å². The standard InChI is InChI=1S/C20H22FN5O3S/c1-26(20(27)23-16-4-2-6-18(12-16)30(22,28)29)11-3-5-17-13-19(25-24-17)14-7-9-15(21)10-8-14/h2,4,6-10,12-13H,3,5,11H2,1H3,(H,23,27)(H,24,25)(H2,22,28,29). The lowest BCUT2D eigenvalue weighted by Crippen LogP contribution is -2.32. The molecule has 0 atom stereocenters. The number of halogens is 1. The number of nitrogens with zero attached hydrogens (tertiary/aromatic N) is 2. The highest BCUT2D eigenvalue weighted by Crippen LogP contribution is 2.19. The molecule has 0 unspecified atom stereocenters. The van der Waals surface area contributed by atoms with E-state index in [0.717, 1.165) is 17.0 Å². The number of carbonyl (C=O) groups excluding carboxylic acids is 1. The second-order valence-corrected chi connectivity index (χ2v) is 8.37. The van der Waals surface area contributed by atoms with Crippen LogP contribution in [0, 0.1) is 5.82 Å². The summed E-state index contributed by atoms with van der Waals surface area (Å²) in [5, 5.41) is 14.9. The average Bonchev–Trinajstić information content (AvgIpc) is 3.17. The van der Waals surface area contributed by atoms with E-state index in [1.54, 1.807) is 25.2 Å². The number of amides is 2. The molecule has 0 spiro atoms. The zero-order valence-electron chi connectivity index (χ0n) is 16.3. The number of primary sulfonamides is 1. The Labute approximate surface area is 174 Å². The molecule has 0 fully saturated rings. The van der Waals surface area contributed by atoms with Crippen molar-refractivity contribution in [2.75, 3.05) is 18.9 Å². The zero-order chi connectivity index (χ0) is 21.7. The number of H-pyrrole nitrogens is 1. The molecule has 3 rings (SSSR count). The van der Waals surface area contributed by atoms with Crippen molar-refractivity contribution in [3.05, 3.63) is 66.1 Å². The molecule has 0 radical (unpaired) electrons. The van der Waals surface area contributed by atoms with E-state index in [1.807, 2.05) is 6.07 Å². The summed E-state index contributed by atoms with van der Waals surface area (Å²) in [4.78, 5) is 13.7. The zero-order valence-corrected chi connectivity index (χ0v) is 17.1. The van der Waals surface area contributed by atoms with E-state index in [0.29, 0.717) is 25.1 Å². The lowest BCUT2D eigenvalue weighted by Gasteiger charge is -2.18. The first-order valence-electron chi connectivity index (χ1n) is 9.17. The SMILES string of the molecule is CN(CCCc1cc(-c2ccc(F)cc2)n[nH]1)C(=O)Nc1cccc(S(N)(=O)=O)c1. The normalized spacial score (nSPS) is 11.3. The van der Waals surface area contributed by atoms with Crippen molar-refractivity contribution in [1.29, 1.82) is 0 Å². The molecular formula is C20H22FN5O3S. The Balaban J connectivity index is 1.50. The Morgan fingerprint density at radius 3 is 2.63 bits per heavy atom. The molecule has 2 aromatic carbocycles. The second-order valence-electron chi connectivity index (χ2n) is 6.81. The quantitative estimate of drug-likeness (QED) is 0.532. The number of aromatic amines is 1. The number of anilines is 1. The molecule has 0 saturated heterocycles. The van der Waals surface area contributed by atoms with Gasteiger partial charge < -0.3 is 10.2 Å². The number of rotatable bonds is 7. The van der Waals surface area contributed by atoms with Crippen molar-refractivity contribution < 1.29 is 17.6 Å². The van der Waals surface area contributed by atoms with Crippen LogP contribution >= 0.6 is 0 Å². The number of urea groups is 1. The molecule has 0 aliphatic heterocycles. The van der Waals surface area contributed by atoms with Gasteiger partial charge in [-0.2, -0.15) is 5.10 Å². The highest BCUT2D eigenvalue weighted by molar-refractivity contribution is 7.89. The van der Waals surface area contributed by atoms with Gasteiger partial charge in [-0.3, -0.25) is 5.10 Å². The van der Waals surface area contributed by atoms with Crippen molar-refractivity contribution in [2.45, 2.75) is 17.7 Å². The fraction of sp³-hybridized carbons (Fsp3) is 0.200. The Kier molecular flexibility index (Phi) is 6.48. The molecule has 2 amide bonds. The van der Waals surface area contributed by atoms with Crippen molar-refractivity contribution in [2.24, 2.45) is 5.14 Å². The second kappa shape index (κ2) is 9.06. The maximum atomic E-state index is 13.0. The Bertz CT molecular complexity index is 1130. The van der Waals surface area contributed by atoms with Crippen molar-refractivity contribution in [3.63, 3.8) is 0 Å². The molecule has 0 aliphatic rings. The van der Waals surface area contributed by atoms with Crippen LogP contribution in [0.25, 0.3) is 11.3 Å². The molecular weight excluding hydrogens is 409 g/mol. The molecule has 1 heterocycles. The predicted molar refractivity (Wildman–Crippen MR) is 112 cm³/mol. The number of hydrogen-bond acceptors (Lipinski definition) is 4. The van der Waals surface area contributed by atoms with Crippen LogP contribution in [0.4, 0.5) is 14.9 Å². The minimum absolute atomic E-state index is 0.0702. The summed E-state index contributed by atoms with van der Waals surface area (Å²) in [7, 11) is -2.19. The van der Waals surface area contributed by atoms with Gasteiger partial charge in [0.05, 0.1) is 10.6 Å². The highest BCUT2D eigenvalue weighted by atomic mass is 32.2. The van der Waals surface area contributed by atoms with Gasteiger partial charge in [-0.15, -0.1) is 0 Å². The number of sulfonamides is 1. The van der Waals surface area contributed by atoms with Crippen LogP contribution in [0.1, 0.15) is 12.1 Å². The molecule has 30 heavy (non-hydrogen) atoms. The lowest BCUT2D eigenvalue weighted by atomic mass is 10.1. The van der Waals surface area contributed by atoms with E-state index in [1.165, 1.54) is 35.2 Å². The monoisotopic (exact) mass is 431 g/mol. The number of aromatic nitrogens is 2. The van der Waals surface area contributed by atoms with Crippen LogP contribution < -0.4 is 10.5 Å². The number of aryl methyl sites for hydroxylation is 1. The van der Waals surface area contributed by atoms with E-state index >= 15 is 0 Å². The van der Waals surface area contributed by atoms with Crippen LogP contribution in [0.3, 0.4) is 0 Å². The number of benzene rings is 2. The fourth-order valence-corrected chi connectivity index (χ4v) is 3.40. The van der Waals surface area contributed by atoms with Crippen molar-refractivity contribution in [1.82, 2.24) is 15.1 Å². The van der Waals surface area contributed by atoms with Gasteiger partial charge in [-0.1, -0.05) is 6.07 Å². The summed E-state index contributed by atoms with van der Waals surface area (Å²) < 4.78 is 35.9. The molecule has 158 valence electrons. The fourth-order valence-electron chi connectivity index (χ4n) is 2.84. The highest BCUT2D eigenvalue weighted by Gasteiger charge is 2.12. The average molecular weight is 431 g/mol. The Morgan fingerprint density at radius 1 is 1.20 bits per heavy atom. The van der Waals surface area contributed by atoms with Gasteiger partial charge in [0.15, 0.2) is 0 Å². The molecule has 4 N–H and O–H groups in total. The van der Waals surface area contributed by atoms with Crippen LogP contribution in [0.15, 0.2) is 59.5 Å². The Morgan fingerprint density at radius 2 is 1.93 bits per heavy atom. The third-order valence-corrected chi connectivity index (χ3v) is 5.38. The van der Waals surface area contributed by atoms with E-state index in [4.69, 9.17) is 5.14 Å². The van der Waals surface area contributed by atoms with Crippen molar-refractivity contribution >= 4 is 21.7 Å². The van der Waals surface area contributed by atoms with Crippen LogP contribution in [-0.4, -0.2) is 43.1 Å². The summed E-state index contributed by atoms with van der Waals surface area (Å²) in [6.07, 6.45) is 1.36. The maximum absolute atomic E-state index is 13.0. The first-order chi connectivity index (χ1) is 14.2.